The van der Waals surface area contributed by atoms with Crippen molar-refractivity contribution >= 4 is 29.1 Å². The summed E-state index contributed by atoms with van der Waals surface area (Å²) in [5.41, 5.74) is 5.40. The number of nitrogens with zero attached hydrogens (tertiary/aromatic N) is 1. The highest BCUT2D eigenvalue weighted by atomic mass is 35.5. The second kappa shape index (κ2) is 8.08. The van der Waals surface area contributed by atoms with Gasteiger partial charge >= 0.3 is 0 Å². The summed E-state index contributed by atoms with van der Waals surface area (Å²) in [6.07, 6.45) is 0. The monoisotopic (exact) mass is 385 g/mol. The standard InChI is InChI=1S/C17H21Cl2N3O3/c1-10(2)17(3,9-20)21-16(23)14-7-11(25-22-14)8-24-15-12(18)5-4-6-13(15)19/h4-7,10H,8-9,20H2,1-3H3,(H,21,23). The molecular formula is C17H21Cl2N3O3. The highest BCUT2D eigenvalue weighted by Gasteiger charge is 2.30. The largest absolute Gasteiger partial charge is 0.482 e. The highest BCUT2D eigenvalue weighted by Crippen LogP contribution is 2.32. The van der Waals surface area contributed by atoms with E-state index >= 15 is 0 Å². The third-order valence-corrected chi connectivity index (χ3v) is 4.76. The first-order valence-electron chi connectivity index (χ1n) is 7.82. The van der Waals surface area contributed by atoms with E-state index in [2.05, 4.69) is 10.5 Å². The maximum Gasteiger partial charge on any atom is 0.273 e. The lowest BCUT2D eigenvalue weighted by atomic mass is 9.88. The zero-order valence-electron chi connectivity index (χ0n) is 14.3. The molecule has 0 aliphatic heterocycles. The average molecular weight is 386 g/mol. The molecule has 136 valence electrons. The molecule has 0 saturated carbocycles. The van der Waals surface area contributed by atoms with Crippen molar-refractivity contribution in [3.05, 3.63) is 45.8 Å². The number of amides is 1. The van der Waals surface area contributed by atoms with Crippen molar-refractivity contribution < 1.29 is 14.1 Å². The molecule has 3 N–H and O–H groups in total. The van der Waals surface area contributed by atoms with Crippen LogP contribution in [0.5, 0.6) is 5.75 Å². The van der Waals surface area contributed by atoms with E-state index < -0.39 is 5.54 Å². The van der Waals surface area contributed by atoms with Gasteiger partial charge in [0, 0.05) is 12.6 Å². The molecule has 2 rings (SSSR count). The summed E-state index contributed by atoms with van der Waals surface area (Å²) < 4.78 is 10.7. The van der Waals surface area contributed by atoms with Crippen LogP contribution in [0.1, 0.15) is 37.0 Å². The number of para-hydroxylation sites is 1. The summed E-state index contributed by atoms with van der Waals surface area (Å²) in [5, 5.41) is 7.45. The molecule has 0 aliphatic rings. The van der Waals surface area contributed by atoms with Crippen LogP contribution in [0.4, 0.5) is 0 Å². The molecule has 1 aromatic carbocycles. The van der Waals surface area contributed by atoms with E-state index in [0.717, 1.165) is 0 Å². The molecule has 2 aromatic rings. The molecule has 0 bridgehead atoms. The zero-order chi connectivity index (χ0) is 18.6. The van der Waals surface area contributed by atoms with Crippen LogP contribution in [-0.4, -0.2) is 23.1 Å². The van der Waals surface area contributed by atoms with E-state index in [4.69, 9.17) is 38.2 Å². The molecule has 1 unspecified atom stereocenters. The third kappa shape index (κ3) is 4.66. The Bertz CT molecular complexity index is 728. The number of rotatable bonds is 7. The van der Waals surface area contributed by atoms with Crippen LogP contribution in [-0.2, 0) is 6.61 Å². The van der Waals surface area contributed by atoms with Crippen LogP contribution >= 0.6 is 23.2 Å². The quantitative estimate of drug-likeness (QED) is 0.758. The minimum atomic E-state index is -0.530. The Morgan fingerprint density at radius 2 is 2.04 bits per heavy atom. The third-order valence-electron chi connectivity index (χ3n) is 4.17. The minimum Gasteiger partial charge on any atom is -0.482 e. The van der Waals surface area contributed by atoms with E-state index in [0.29, 0.717) is 28.1 Å². The molecule has 1 heterocycles. The van der Waals surface area contributed by atoms with Gasteiger partial charge in [-0.25, -0.2) is 0 Å². The van der Waals surface area contributed by atoms with Gasteiger partial charge in [0.05, 0.1) is 15.6 Å². The van der Waals surface area contributed by atoms with Crippen LogP contribution in [0.15, 0.2) is 28.8 Å². The minimum absolute atomic E-state index is 0.0437. The van der Waals surface area contributed by atoms with Gasteiger partial charge in [0.1, 0.15) is 6.61 Å². The average Bonchev–Trinajstić information content (AvgIpc) is 3.03. The number of ether oxygens (including phenoxy) is 1. The van der Waals surface area contributed by atoms with Crippen LogP contribution < -0.4 is 15.8 Å². The van der Waals surface area contributed by atoms with Crippen LogP contribution in [0.3, 0.4) is 0 Å². The van der Waals surface area contributed by atoms with Gasteiger partial charge < -0.3 is 20.3 Å². The fourth-order valence-corrected chi connectivity index (χ4v) is 2.51. The van der Waals surface area contributed by atoms with Crippen molar-refractivity contribution in [3.63, 3.8) is 0 Å². The summed E-state index contributed by atoms with van der Waals surface area (Å²) in [7, 11) is 0. The van der Waals surface area contributed by atoms with Gasteiger partial charge in [-0.05, 0) is 25.0 Å². The lowest BCUT2D eigenvalue weighted by Gasteiger charge is -2.33. The summed E-state index contributed by atoms with van der Waals surface area (Å²) in [5.74, 6) is 0.537. The van der Waals surface area contributed by atoms with Gasteiger partial charge in [-0.3, -0.25) is 4.79 Å². The molecule has 0 saturated heterocycles. The smallest absolute Gasteiger partial charge is 0.273 e. The number of halogens is 2. The van der Waals surface area contributed by atoms with Gasteiger partial charge in [0.2, 0.25) is 0 Å². The molecule has 0 spiro atoms. The number of nitrogens with two attached hydrogens (primary N) is 1. The van der Waals surface area contributed by atoms with E-state index in [1.807, 2.05) is 20.8 Å². The molecule has 6 nitrogen and oxygen atoms in total. The Hall–Kier alpha value is -1.76. The first-order valence-corrected chi connectivity index (χ1v) is 8.57. The molecule has 8 heteroatoms. The second-order valence-electron chi connectivity index (χ2n) is 6.25. The van der Waals surface area contributed by atoms with Gasteiger partial charge in [0.15, 0.2) is 17.2 Å². The highest BCUT2D eigenvalue weighted by molar-refractivity contribution is 6.37. The van der Waals surface area contributed by atoms with E-state index in [1.165, 1.54) is 6.07 Å². The normalized spacial score (nSPS) is 13.6. The topological polar surface area (TPSA) is 90.4 Å². The Balaban J connectivity index is 2.04. The van der Waals surface area contributed by atoms with Gasteiger partial charge in [-0.15, -0.1) is 0 Å². The lowest BCUT2D eigenvalue weighted by Crippen LogP contribution is -2.55. The lowest BCUT2D eigenvalue weighted by molar-refractivity contribution is 0.0873. The molecule has 25 heavy (non-hydrogen) atoms. The Kier molecular flexibility index (Phi) is 6.32. The van der Waals surface area contributed by atoms with Crippen LogP contribution in [0, 0.1) is 5.92 Å². The Labute approximate surface area is 156 Å². The Morgan fingerprint density at radius 3 is 2.60 bits per heavy atom. The molecule has 1 amide bonds. The molecule has 0 fully saturated rings. The van der Waals surface area contributed by atoms with Gasteiger partial charge in [0.25, 0.3) is 5.91 Å². The Morgan fingerprint density at radius 1 is 1.40 bits per heavy atom. The van der Waals surface area contributed by atoms with Crippen molar-refractivity contribution in [2.75, 3.05) is 6.54 Å². The van der Waals surface area contributed by atoms with Crippen molar-refractivity contribution in [1.82, 2.24) is 10.5 Å². The van der Waals surface area contributed by atoms with E-state index in [-0.39, 0.29) is 24.1 Å². The summed E-state index contributed by atoms with van der Waals surface area (Å²) >= 11 is 12.1. The van der Waals surface area contributed by atoms with Crippen LogP contribution in [0.2, 0.25) is 10.0 Å². The number of carbonyl (C=O) groups is 1. The maximum atomic E-state index is 12.3. The van der Waals surface area contributed by atoms with Crippen molar-refractivity contribution in [1.29, 1.82) is 0 Å². The second-order valence-corrected chi connectivity index (χ2v) is 7.06. The van der Waals surface area contributed by atoms with Gasteiger partial charge in [-0.2, -0.15) is 0 Å². The van der Waals surface area contributed by atoms with E-state index in [1.54, 1.807) is 18.2 Å². The zero-order valence-corrected chi connectivity index (χ0v) is 15.8. The predicted octanol–water partition coefficient (Wildman–Crippen LogP) is 3.66. The number of hydrogen-bond acceptors (Lipinski definition) is 5. The van der Waals surface area contributed by atoms with Crippen molar-refractivity contribution in [2.45, 2.75) is 32.9 Å². The number of hydrogen-bond donors (Lipinski definition) is 2. The number of nitrogens with one attached hydrogen (secondary N) is 1. The van der Waals surface area contributed by atoms with Crippen LogP contribution in [0.25, 0.3) is 0 Å². The molecule has 1 aromatic heterocycles. The fraction of sp³-hybridized carbons (Fsp3) is 0.412. The van der Waals surface area contributed by atoms with Crippen molar-refractivity contribution in [2.24, 2.45) is 11.7 Å². The number of carbonyl (C=O) groups excluding carboxylic acids is 1. The molecule has 0 aliphatic carbocycles. The predicted molar refractivity (Wildman–Crippen MR) is 97.1 cm³/mol. The maximum absolute atomic E-state index is 12.3. The molecule has 0 radical (unpaired) electrons. The van der Waals surface area contributed by atoms with Gasteiger partial charge in [-0.1, -0.05) is 48.3 Å². The van der Waals surface area contributed by atoms with Crippen molar-refractivity contribution in [3.8, 4) is 5.75 Å². The molecular weight excluding hydrogens is 365 g/mol. The first-order chi connectivity index (χ1) is 11.8. The summed E-state index contributed by atoms with van der Waals surface area (Å²) in [6.45, 7) is 6.22. The molecule has 1 atom stereocenters. The SMILES string of the molecule is CC(C)C(C)(CN)NC(=O)c1cc(COc2c(Cl)cccc2Cl)on1. The van der Waals surface area contributed by atoms with E-state index in [9.17, 15) is 4.79 Å². The fourth-order valence-electron chi connectivity index (χ4n) is 2.01. The number of aromatic nitrogens is 1. The first kappa shape index (κ1) is 19.6. The summed E-state index contributed by atoms with van der Waals surface area (Å²) in [4.78, 5) is 12.3. The number of benzene rings is 1. The summed E-state index contributed by atoms with van der Waals surface area (Å²) in [6, 6.07) is 6.57.